The van der Waals surface area contributed by atoms with E-state index >= 15 is 0 Å². The van der Waals surface area contributed by atoms with Gasteiger partial charge in [0, 0.05) is 17.0 Å². The monoisotopic (exact) mass is 243 g/mol. The summed E-state index contributed by atoms with van der Waals surface area (Å²) in [5.74, 6) is 0. The van der Waals surface area contributed by atoms with E-state index in [0.717, 1.165) is 6.54 Å². The van der Waals surface area contributed by atoms with E-state index in [0.29, 0.717) is 6.04 Å². The first-order valence-electron chi connectivity index (χ1n) is 6.57. The molecule has 2 nitrogen and oxygen atoms in total. The molecule has 2 aromatic rings. The molecule has 0 aliphatic rings. The third-order valence-corrected chi connectivity index (χ3v) is 3.68. The van der Waals surface area contributed by atoms with Crippen molar-refractivity contribution in [1.29, 1.82) is 0 Å². The Morgan fingerprint density at radius 1 is 0.944 bits per heavy atom. The van der Waals surface area contributed by atoms with Crippen molar-refractivity contribution in [2.24, 2.45) is 0 Å². The summed E-state index contributed by atoms with van der Waals surface area (Å²) in [4.78, 5) is 1.47. The van der Waals surface area contributed by atoms with Gasteiger partial charge in [-0.05, 0) is 26.0 Å². The maximum absolute atomic E-state index is 2.41. The molecule has 1 aromatic heterocycles. The van der Waals surface area contributed by atoms with E-state index in [1.807, 2.05) is 0 Å². The number of hydrogen-bond donors (Lipinski definition) is 1. The van der Waals surface area contributed by atoms with Gasteiger partial charge in [-0.25, -0.2) is 0 Å². The van der Waals surface area contributed by atoms with Gasteiger partial charge in [0.25, 0.3) is 0 Å². The van der Waals surface area contributed by atoms with Gasteiger partial charge in [-0.2, -0.15) is 0 Å². The summed E-state index contributed by atoms with van der Waals surface area (Å²) in [5.41, 5.74) is 4.09. The quantitative estimate of drug-likeness (QED) is 0.841. The Hall–Kier alpha value is -1.54. The second kappa shape index (κ2) is 5.40. The van der Waals surface area contributed by atoms with Gasteiger partial charge in [0.15, 0.2) is 0 Å². The van der Waals surface area contributed by atoms with E-state index in [1.165, 1.54) is 21.9 Å². The lowest BCUT2D eigenvalue weighted by atomic mass is 10.1. The lowest BCUT2D eigenvalue weighted by Gasteiger charge is -2.24. The summed E-state index contributed by atoms with van der Waals surface area (Å²) in [7, 11) is 4.46. The summed E-state index contributed by atoms with van der Waals surface area (Å²) in [6.45, 7) is 5.40. The highest BCUT2D eigenvalue weighted by molar-refractivity contribution is 5.19. The van der Waals surface area contributed by atoms with Crippen LogP contribution in [0, 0.1) is 13.8 Å². The van der Waals surface area contributed by atoms with Gasteiger partial charge in [-0.3, -0.25) is 0 Å². The predicted molar refractivity (Wildman–Crippen MR) is 75.9 cm³/mol. The van der Waals surface area contributed by atoms with Crippen molar-refractivity contribution in [1.82, 2.24) is 4.57 Å². The normalized spacial score (nSPS) is 12.9. The zero-order chi connectivity index (χ0) is 13.1. The Labute approximate surface area is 110 Å². The number of nitrogens with one attached hydrogen (secondary N) is 1. The molecule has 0 spiro atoms. The molecule has 18 heavy (non-hydrogen) atoms. The minimum Gasteiger partial charge on any atom is -0.343 e. The van der Waals surface area contributed by atoms with Crippen LogP contribution < -0.4 is 4.90 Å². The molecule has 1 N–H and O–H groups in total. The smallest absolute Gasteiger partial charge is 0.131 e. The lowest BCUT2D eigenvalue weighted by Crippen LogP contribution is -3.06. The molecule has 0 fully saturated rings. The molecule has 0 bridgehead atoms. The van der Waals surface area contributed by atoms with Crippen molar-refractivity contribution >= 4 is 0 Å². The largest absolute Gasteiger partial charge is 0.343 e. The van der Waals surface area contributed by atoms with Crippen LogP contribution in [-0.4, -0.2) is 18.7 Å². The number of rotatable bonds is 4. The molecule has 0 saturated carbocycles. The third-order valence-electron chi connectivity index (χ3n) is 3.68. The van der Waals surface area contributed by atoms with Crippen molar-refractivity contribution in [3.63, 3.8) is 0 Å². The van der Waals surface area contributed by atoms with Crippen molar-refractivity contribution in [2.45, 2.75) is 26.4 Å². The minimum atomic E-state index is 0.496. The van der Waals surface area contributed by atoms with Gasteiger partial charge in [-0.1, -0.05) is 30.3 Å². The summed E-state index contributed by atoms with van der Waals surface area (Å²) in [6, 6.07) is 15.7. The first-order chi connectivity index (χ1) is 8.59. The van der Waals surface area contributed by atoms with Crippen molar-refractivity contribution < 1.29 is 4.90 Å². The van der Waals surface area contributed by atoms with Gasteiger partial charge in [0.2, 0.25) is 0 Å². The molecule has 0 radical (unpaired) electrons. The Kier molecular flexibility index (Phi) is 3.87. The van der Waals surface area contributed by atoms with E-state index in [4.69, 9.17) is 0 Å². The van der Waals surface area contributed by atoms with Crippen LogP contribution in [0.4, 0.5) is 0 Å². The van der Waals surface area contributed by atoms with E-state index in [2.05, 4.69) is 75.0 Å². The molecule has 1 heterocycles. The molecule has 1 aromatic carbocycles. The molecular weight excluding hydrogens is 220 g/mol. The highest BCUT2D eigenvalue weighted by atomic mass is 15.1. The molecule has 0 saturated heterocycles. The summed E-state index contributed by atoms with van der Waals surface area (Å²) in [6.07, 6.45) is 0. The lowest BCUT2D eigenvalue weighted by molar-refractivity contribution is -0.893. The molecule has 1 atom stereocenters. The zero-order valence-corrected chi connectivity index (χ0v) is 11.8. The molecule has 96 valence electrons. The van der Waals surface area contributed by atoms with Crippen LogP contribution in [0.25, 0.3) is 0 Å². The standard InChI is InChI=1S/C16H22N2/c1-13-10-11-14(2)18(13)12-16(17(3)4)15-8-6-5-7-9-15/h5-11,16H,12H2,1-4H3/p+1/t16-/m1/s1. The molecule has 0 amide bonds. The van der Waals surface area contributed by atoms with Gasteiger partial charge < -0.3 is 9.47 Å². The minimum absolute atomic E-state index is 0.496. The second-order valence-electron chi connectivity index (χ2n) is 5.27. The number of aromatic nitrogens is 1. The number of quaternary nitrogens is 1. The van der Waals surface area contributed by atoms with E-state index in [9.17, 15) is 0 Å². The van der Waals surface area contributed by atoms with Gasteiger partial charge in [0.05, 0.1) is 20.6 Å². The summed E-state index contributed by atoms with van der Waals surface area (Å²) < 4.78 is 2.41. The van der Waals surface area contributed by atoms with Gasteiger partial charge in [0.1, 0.15) is 6.04 Å². The van der Waals surface area contributed by atoms with Crippen LogP contribution in [0.1, 0.15) is 23.0 Å². The Morgan fingerprint density at radius 2 is 1.50 bits per heavy atom. The Balaban J connectivity index is 2.28. The van der Waals surface area contributed by atoms with E-state index in [1.54, 1.807) is 0 Å². The number of aryl methyl sites for hydroxylation is 2. The fourth-order valence-electron chi connectivity index (χ4n) is 2.48. The number of benzene rings is 1. The maximum atomic E-state index is 2.41. The van der Waals surface area contributed by atoms with Crippen molar-refractivity contribution in [3.8, 4) is 0 Å². The van der Waals surface area contributed by atoms with Crippen LogP contribution in [0.3, 0.4) is 0 Å². The maximum Gasteiger partial charge on any atom is 0.131 e. The van der Waals surface area contributed by atoms with Gasteiger partial charge in [-0.15, -0.1) is 0 Å². The topological polar surface area (TPSA) is 9.37 Å². The van der Waals surface area contributed by atoms with Crippen LogP contribution >= 0.6 is 0 Å². The average Bonchev–Trinajstić information content (AvgIpc) is 2.67. The van der Waals surface area contributed by atoms with Crippen molar-refractivity contribution in [2.75, 3.05) is 14.1 Å². The fraction of sp³-hybridized carbons (Fsp3) is 0.375. The first kappa shape index (κ1) is 12.9. The Bertz CT molecular complexity index is 478. The number of likely N-dealkylation sites (N-methyl/N-ethyl adjacent to an activating group) is 1. The van der Waals surface area contributed by atoms with Gasteiger partial charge >= 0.3 is 0 Å². The SMILES string of the molecule is Cc1ccc(C)n1C[C@H](c1ccccc1)[NH+](C)C. The number of hydrogen-bond acceptors (Lipinski definition) is 0. The summed E-state index contributed by atoms with van der Waals surface area (Å²) in [5, 5.41) is 0. The molecule has 0 unspecified atom stereocenters. The molecular formula is C16H23N2+. The summed E-state index contributed by atoms with van der Waals surface area (Å²) >= 11 is 0. The molecule has 0 aliphatic heterocycles. The zero-order valence-electron chi connectivity index (χ0n) is 11.8. The van der Waals surface area contributed by atoms with E-state index < -0.39 is 0 Å². The average molecular weight is 243 g/mol. The van der Waals surface area contributed by atoms with Crippen LogP contribution in [0.15, 0.2) is 42.5 Å². The van der Waals surface area contributed by atoms with Crippen LogP contribution in [-0.2, 0) is 6.54 Å². The van der Waals surface area contributed by atoms with Crippen molar-refractivity contribution in [3.05, 3.63) is 59.4 Å². The highest BCUT2D eigenvalue weighted by Crippen LogP contribution is 2.15. The molecule has 2 rings (SSSR count). The predicted octanol–water partition coefficient (Wildman–Crippen LogP) is 1.99. The second-order valence-corrected chi connectivity index (χ2v) is 5.27. The third kappa shape index (κ3) is 2.65. The Morgan fingerprint density at radius 3 is 2.00 bits per heavy atom. The fourth-order valence-corrected chi connectivity index (χ4v) is 2.48. The molecule has 0 aliphatic carbocycles. The molecule has 2 heteroatoms. The van der Waals surface area contributed by atoms with Crippen LogP contribution in [0.2, 0.25) is 0 Å². The van der Waals surface area contributed by atoms with E-state index in [-0.39, 0.29) is 0 Å². The van der Waals surface area contributed by atoms with Crippen LogP contribution in [0.5, 0.6) is 0 Å². The number of nitrogens with zero attached hydrogens (tertiary/aromatic N) is 1. The first-order valence-corrected chi connectivity index (χ1v) is 6.57. The highest BCUT2D eigenvalue weighted by Gasteiger charge is 2.19.